The molecule has 3 heteroatoms. The van der Waals surface area contributed by atoms with Crippen LogP contribution in [0, 0.1) is 5.41 Å². The molecule has 0 amide bonds. The molecule has 2 rings (SSSR count). The number of benzene rings is 1. The second-order valence-corrected chi connectivity index (χ2v) is 6.43. The molecule has 1 nitrogen and oxygen atoms in total. The van der Waals surface area contributed by atoms with Gasteiger partial charge in [-0.15, -0.1) is 11.6 Å². The first-order chi connectivity index (χ1) is 8.06. The smallest absolute Gasteiger partial charge is 0.0720 e. The van der Waals surface area contributed by atoms with Gasteiger partial charge < -0.3 is 4.74 Å². The third kappa shape index (κ3) is 2.69. The summed E-state index contributed by atoms with van der Waals surface area (Å²) < 4.78 is 7.08. The maximum atomic E-state index is 6.27. The van der Waals surface area contributed by atoms with Crippen molar-refractivity contribution in [1.82, 2.24) is 0 Å². The molecule has 1 aromatic carbocycles. The Hall–Kier alpha value is -0.0500. The quantitative estimate of drug-likeness (QED) is 0.727. The molecule has 0 N–H and O–H groups in total. The Morgan fingerprint density at radius 3 is 2.59 bits per heavy atom. The molecule has 0 saturated heterocycles. The summed E-state index contributed by atoms with van der Waals surface area (Å²) in [5.41, 5.74) is 1.36. The van der Waals surface area contributed by atoms with Gasteiger partial charge in [-0.3, -0.25) is 0 Å². The molecule has 1 aromatic rings. The van der Waals surface area contributed by atoms with Gasteiger partial charge in [0.15, 0.2) is 0 Å². The zero-order chi connectivity index (χ0) is 12.5. The molecule has 3 unspecified atom stereocenters. The van der Waals surface area contributed by atoms with Crippen molar-refractivity contribution in [2.24, 2.45) is 5.41 Å². The molecular weight excluding hydrogens is 300 g/mol. The molecule has 0 heterocycles. The van der Waals surface area contributed by atoms with E-state index in [2.05, 4.69) is 41.9 Å². The molecule has 0 radical (unpaired) electrons. The van der Waals surface area contributed by atoms with E-state index in [4.69, 9.17) is 16.3 Å². The lowest BCUT2D eigenvalue weighted by molar-refractivity contribution is -0.108. The summed E-state index contributed by atoms with van der Waals surface area (Å²) in [5, 5.41) is 0.266. The van der Waals surface area contributed by atoms with Crippen LogP contribution in [0.5, 0.6) is 0 Å². The molecule has 0 aromatic heterocycles. The highest BCUT2D eigenvalue weighted by Crippen LogP contribution is 2.49. The fourth-order valence-electron chi connectivity index (χ4n) is 2.25. The van der Waals surface area contributed by atoms with Crippen molar-refractivity contribution >= 4 is 27.5 Å². The number of hydrogen-bond donors (Lipinski definition) is 0. The topological polar surface area (TPSA) is 9.23 Å². The van der Waals surface area contributed by atoms with Crippen LogP contribution in [-0.2, 0) is 11.3 Å². The Bertz CT molecular complexity index is 378. The third-order valence-electron chi connectivity index (χ3n) is 4.00. The predicted molar refractivity (Wildman–Crippen MR) is 75.4 cm³/mol. The lowest BCUT2D eigenvalue weighted by Crippen LogP contribution is -2.53. The third-order valence-corrected chi connectivity index (χ3v) is 5.20. The van der Waals surface area contributed by atoms with Crippen LogP contribution < -0.4 is 0 Å². The molecule has 1 saturated carbocycles. The summed E-state index contributed by atoms with van der Waals surface area (Å²) in [5.74, 6) is 0. The van der Waals surface area contributed by atoms with Crippen LogP contribution in [-0.4, -0.2) is 11.5 Å². The van der Waals surface area contributed by atoms with Crippen molar-refractivity contribution in [2.45, 2.75) is 44.8 Å². The van der Waals surface area contributed by atoms with E-state index in [-0.39, 0.29) is 10.8 Å². The van der Waals surface area contributed by atoms with Crippen LogP contribution in [0.15, 0.2) is 28.7 Å². The molecule has 1 aliphatic carbocycles. The van der Waals surface area contributed by atoms with Crippen molar-refractivity contribution in [2.75, 3.05) is 0 Å². The number of alkyl halides is 1. The molecule has 94 valence electrons. The second-order valence-electron chi connectivity index (χ2n) is 4.99. The first-order valence-corrected chi connectivity index (χ1v) is 7.29. The van der Waals surface area contributed by atoms with E-state index in [0.29, 0.717) is 12.7 Å². The summed E-state index contributed by atoms with van der Waals surface area (Å²) in [6.45, 7) is 5.09. The summed E-state index contributed by atoms with van der Waals surface area (Å²) in [6.07, 6.45) is 2.35. The number of ether oxygens (including phenoxy) is 1. The minimum Gasteiger partial charge on any atom is -0.373 e. The summed E-state index contributed by atoms with van der Waals surface area (Å²) in [6, 6.07) is 8.26. The molecule has 17 heavy (non-hydrogen) atoms. The normalized spacial score (nSPS) is 32.2. The van der Waals surface area contributed by atoms with E-state index in [1.165, 1.54) is 5.56 Å². The Morgan fingerprint density at radius 2 is 2.06 bits per heavy atom. The highest BCUT2D eigenvalue weighted by molar-refractivity contribution is 9.10. The first kappa shape index (κ1) is 13.4. The van der Waals surface area contributed by atoms with Gasteiger partial charge in [-0.2, -0.15) is 0 Å². The average molecular weight is 318 g/mol. The van der Waals surface area contributed by atoms with E-state index < -0.39 is 0 Å². The van der Waals surface area contributed by atoms with Gasteiger partial charge in [0.25, 0.3) is 0 Å². The lowest BCUT2D eigenvalue weighted by Gasteiger charge is -2.50. The largest absolute Gasteiger partial charge is 0.373 e. The van der Waals surface area contributed by atoms with Crippen molar-refractivity contribution < 1.29 is 4.74 Å². The van der Waals surface area contributed by atoms with Crippen molar-refractivity contribution in [3.05, 3.63) is 34.3 Å². The van der Waals surface area contributed by atoms with Crippen LogP contribution in [0.4, 0.5) is 0 Å². The Kier molecular flexibility index (Phi) is 4.17. The van der Waals surface area contributed by atoms with E-state index in [0.717, 1.165) is 17.3 Å². The Balaban J connectivity index is 1.89. The Morgan fingerprint density at radius 1 is 1.41 bits per heavy atom. The molecule has 3 atom stereocenters. The maximum Gasteiger partial charge on any atom is 0.0720 e. The number of halogens is 2. The summed E-state index contributed by atoms with van der Waals surface area (Å²) >= 11 is 9.70. The van der Waals surface area contributed by atoms with E-state index in [9.17, 15) is 0 Å². The summed E-state index contributed by atoms with van der Waals surface area (Å²) in [7, 11) is 0. The molecule has 0 bridgehead atoms. The van der Waals surface area contributed by atoms with Crippen molar-refractivity contribution in [3.63, 3.8) is 0 Å². The average Bonchev–Trinajstić information content (AvgIpc) is 2.35. The van der Waals surface area contributed by atoms with Crippen LogP contribution in [0.3, 0.4) is 0 Å². The highest BCUT2D eigenvalue weighted by Gasteiger charge is 2.50. The van der Waals surface area contributed by atoms with E-state index in [1.54, 1.807) is 0 Å². The van der Waals surface area contributed by atoms with Gasteiger partial charge in [0.05, 0.1) is 12.7 Å². The number of rotatable bonds is 4. The fourth-order valence-corrected chi connectivity index (χ4v) is 2.97. The number of hydrogen-bond acceptors (Lipinski definition) is 1. The van der Waals surface area contributed by atoms with Gasteiger partial charge in [-0.05, 0) is 30.5 Å². The predicted octanol–water partition coefficient (Wildman–Crippen LogP) is 4.76. The van der Waals surface area contributed by atoms with Gasteiger partial charge >= 0.3 is 0 Å². The minimum absolute atomic E-state index is 0.150. The zero-order valence-corrected chi connectivity index (χ0v) is 12.6. The van der Waals surface area contributed by atoms with Crippen LogP contribution >= 0.6 is 27.5 Å². The van der Waals surface area contributed by atoms with Gasteiger partial charge in [-0.25, -0.2) is 0 Å². The summed E-state index contributed by atoms with van der Waals surface area (Å²) in [4.78, 5) is 0. The minimum atomic E-state index is 0.150. The van der Waals surface area contributed by atoms with E-state index in [1.807, 2.05) is 12.1 Å². The fraction of sp³-hybridized carbons (Fsp3) is 0.571. The van der Waals surface area contributed by atoms with Crippen LogP contribution in [0.25, 0.3) is 0 Å². The lowest BCUT2D eigenvalue weighted by atomic mass is 9.65. The molecular formula is C14H18BrClO. The zero-order valence-electron chi connectivity index (χ0n) is 10.2. The van der Waals surface area contributed by atoms with Crippen molar-refractivity contribution in [1.29, 1.82) is 0 Å². The molecule has 1 aliphatic rings. The molecule has 0 spiro atoms. The molecule has 1 fully saturated rings. The standard InChI is InChI=1S/C14H18BrClO/c1-3-14(2)12(16)8-13(14)17-9-10-4-6-11(15)7-5-10/h4-7,12-13H,3,8-9H2,1-2H3. The van der Waals surface area contributed by atoms with Gasteiger partial charge in [0, 0.05) is 15.3 Å². The maximum absolute atomic E-state index is 6.27. The monoisotopic (exact) mass is 316 g/mol. The molecule has 0 aliphatic heterocycles. The highest BCUT2D eigenvalue weighted by atomic mass is 79.9. The second kappa shape index (κ2) is 5.29. The Labute approximate surface area is 117 Å². The van der Waals surface area contributed by atoms with Gasteiger partial charge in [0.2, 0.25) is 0 Å². The van der Waals surface area contributed by atoms with Crippen LogP contribution in [0.1, 0.15) is 32.3 Å². The van der Waals surface area contributed by atoms with E-state index >= 15 is 0 Å². The first-order valence-electron chi connectivity index (χ1n) is 6.06. The SMILES string of the molecule is CCC1(C)C(Cl)CC1OCc1ccc(Br)cc1. The van der Waals surface area contributed by atoms with Gasteiger partial charge in [-0.1, -0.05) is 41.9 Å². The van der Waals surface area contributed by atoms with Gasteiger partial charge in [0.1, 0.15) is 0 Å². The van der Waals surface area contributed by atoms with Crippen molar-refractivity contribution in [3.8, 4) is 0 Å². The van der Waals surface area contributed by atoms with Crippen LogP contribution in [0.2, 0.25) is 0 Å².